The largest absolute Gasteiger partial charge is 0.360 e. The summed E-state index contributed by atoms with van der Waals surface area (Å²) in [7, 11) is 0. The molecule has 0 aromatic rings. The van der Waals surface area contributed by atoms with Crippen LogP contribution in [0, 0.1) is 0 Å². The molecule has 0 saturated heterocycles. The van der Waals surface area contributed by atoms with Crippen LogP contribution in [0.1, 0.15) is 40.5 Å². The summed E-state index contributed by atoms with van der Waals surface area (Å²) in [5.74, 6) is 0. The van der Waals surface area contributed by atoms with Crippen molar-refractivity contribution in [1.82, 2.24) is 5.32 Å². The quantitative estimate of drug-likeness (QED) is 0.634. The van der Waals surface area contributed by atoms with E-state index in [0.29, 0.717) is 0 Å². The molecule has 0 atom stereocenters. The minimum atomic E-state index is 0.966. The van der Waals surface area contributed by atoms with Crippen molar-refractivity contribution in [3.63, 3.8) is 0 Å². The topological polar surface area (TPSA) is 12.0 Å². The molecule has 0 aliphatic heterocycles. The fraction of sp³-hybridized carbons (Fsp3) is 0.500. The SMILES string of the molecule is C=C(C)NC(C(=C)CCC)=C(C)C. The lowest BCUT2D eigenvalue weighted by Crippen LogP contribution is -2.13. The van der Waals surface area contributed by atoms with Crippen LogP contribution in [0.15, 0.2) is 35.7 Å². The van der Waals surface area contributed by atoms with Crippen molar-refractivity contribution in [3.8, 4) is 0 Å². The molecule has 74 valence electrons. The Morgan fingerprint density at radius 2 is 1.69 bits per heavy atom. The molecule has 0 aromatic carbocycles. The summed E-state index contributed by atoms with van der Waals surface area (Å²) in [4.78, 5) is 0. The van der Waals surface area contributed by atoms with Crippen molar-refractivity contribution in [2.45, 2.75) is 40.5 Å². The lowest BCUT2D eigenvalue weighted by molar-refractivity contribution is 0.861. The van der Waals surface area contributed by atoms with Gasteiger partial charge in [-0.25, -0.2) is 0 Å². The number of rotatable bonds is 5. The Labute approximate surface area is 82.2 Å². The molecule has 1 N–H and O–H groups in total. The van der Waals surface area contributed by atoms with E-state index in [4.69, 9.17) is 0 Å². The summed E-state index contributed by atoms with van der Waals surface area (Å²) in [5, 5.41) is 3.25. The fourth-order valence-corrected chi connectivity index (χ4v) is 1.21. The molecule has 0 spiro atoms. The zero-order chi connectivity index (χ0) is 10.4. The smallest absolute Gasteiger partial charge is 0.0394 e. The minimum Gasteiger partial charge on any atom is -0.360 e. The van der Waals surface area contributed by atoms with Crippen molar-refractivity contribution in [1.29, 1.82) is 0 Å². The Morgan fingerprint density at radius 1 is 1.15 bits per heavy atom. The average Bonchev–Trinajstić information content (AvgIpc) is 1.99. The van der Waals surface area contributed by atoms with Crippen LogP contribution in [-0.2, 0) is 0 Å². The van der Waals surface area contributed by atoms with E-state index in [1.807, 2.05) is 6.92 Å². The van der Waals surface area contributed by atoms with Crippen LogP contribution in [-0.4, -0.2) is 0 Å². The number of hydrogen-bond acceptors (Lipinski definition) is 1. The van der Waals surface area contributed by atoms with Crippen LogP contribution < -0.4 is 5.32 Å². The van der Waals surface area contributed by atoms with E-state index in [1.165, 1.54) is 11.1 Å². The summed E-state index contributed by atoms with van der Waals surface area (Å²) >= 11 is 0. The molecule has 1 heteroatoms. The van der Waals surface area contributed by atoms with Crippen LogP contribution in [0.5, 0.6) is 0 Å². The highest BCUT2D eigenvalue weighted by molar-refractivity contribution is 5.32. The maximum absolute atomic E-state index is 4.06. The van der Waals surface area contributed by atoms with Gasteiger partial charge in [-0.3, -0.25) is 0 Å². The molecule has 0 aromatic heterocycles. The van der Waals surface area contributed by atoms with Gasteiger partial charge >= 0.3 is 0 Å². The highest BCUT2D eigenvalue weighted by atomic mass is 14.9. The van der Waals surface area contributed by atoms with Crippen molar-refractivity contribution in [3.05, 3.63) is 35.7 Å². The van der Waals surface area contributed by atoms with E-state index in [2.05, 4.69) is 39.2 Å². The summed E-state index contributed by atoms with van der Waals surface area (Å²) in [5.41, 5.74) is 4.55. The highest BCUT2D eigenvalue weighted by Gasteiger charge is 2.03. The van der Waals surface area contributed by atoms with Crippen LogP contribution in [0.25, 0.3) is 0 Å². The van der Waals surface area contributed by atoms with Gasteiger partial charge in [-0.05, 0) is 32.8 Å². The first-order valence-electron chi connectivity index (χ1n) is 4.77. The summed E-state index contributed by atoms with van der Waals surface area (Å²) in [6.45, 7) is 16.2. The van der Waals surface area contributed by atoms with Gasteiger partial charge in [0.25, 0.3) is 0 Å². The number of nitrogens with one attached hydrogen (secondary N) is 1. The van der Waals surface area contributed by atoms with Crippen molar-refractivity contribution in [2.24, 2.45) is 0 Å². The van der Waals surface area contributed by atoms with Crippen molar-refractivity contribution < 1.29 is 0 Å². The summed E-state index contributed by atoms with van der Waals surface area (Å²) in [6.07, 6.45) is 2.17. The predicted molar refractivity (Wildman–Crippen MR) is 60.4 cm³/mol. The van der Waals surface area contributed by atoms with Crippen LogP contribution in [0.2, 0.25) is 0 Å². The Bertz CT molecular complexity index is 230. The van der Waals surface area contributed by atoms with Crippen molar-refractivity contribution in [2.75, 3.05) is 0 Å². The maximum Gasteiger partial charge on any atom is 0.0394 e. The normalized spacial score (nSPS) is 9.23. The monoisotopic (exact) mass is 179 g/mol. The lowest BCUT2D eigenvalue weighted by Gasteiger charge is -2.14. The Kier molecular flexibility index (Phi) is 5.20. The van der Waals surface area contributed by atoms with E-state index < -0.39 is 0 Å². The Morgan fingerprint density at radius 3 is 2.00 bits per heavy atom. The molecule has 0 fully saturated rings. The molecule has 0 aliphatic rings. The lowest BCUT2D eigenvalue weighted by atomic mass is 10.1. The van der Waals surface area contributed by atoms with Gasteiger partial charge in [0.2, 0.25) is 0 Å². The van der Waals surface area contributed by atoms with Gasteiger partial charge in [0, 0.05) is 11.4 Å². The third-order valence-corrected chi connectivity index (χ3v) is 1.74. The fourth-order valence-electron chi connectivity index (χ4n) is 1.21. The summed E-state index contributed by atoms with van der Waals surface area (Å²) in [6, 6.07) is 0. The van der Waals surface area contributed by atoms with E-state index in [9.17, 15) is 0 Å². The van der Waals surface area contributed by atoms with Gasteiger partial charge in [0.15, 0.2) is 0 Å². The summed E-state index contributed by atoms with van der Waals surface area (Å²) < 4.78 is 0. The molecule has 0 unspecified atom stereocenters. The zero-order valence-corrected chi connectivity index (χ0v) is 9.33. The first-order chi connectivity index (χ1) is 5.99. The predicted octanol–water partition coefficient (Wildman–Crippen LogP) is 3.76. The molecule has 0 amide bonds. The molecule has 0 rings (SSSR count). The standard InChI is InChI=1S/C12H21N/c1-7-8-11(6)12(9(2)3)13-10(4)5/h13H,4,6-8H2,1-3,5H3. The van der Waals surface area contributed by atoms with Crippen LogP contribution in [0.4, 0.5) is 0 Å². The second-order valence-electron chi connectivity index (χ2n) is 3.63. The molecule has 0 aliphatic carbocycles. The third kappa shape index (κ3) is 4.56. The van der Waals surface area contributed by atoms with E-state index in [0.717, 1.165) is 24.2 Å². The third-order valence-electron chi connectivity index (χ3n) is 1.74. The number of hydrogen-bond donors (Lipinski definition) is 1. The molecule has 13 heavy (non-hydrogen) atoms. The van der Waals surface area contributed by atoms with E-state index >= 15 is 0 Å². The second kappa shape index (κ2) is 5.63. The van der Waals surface area contributed by atoms with Crippen LogP contribution in [0.3, 0.4) is 0 Å². The first kappa shape index (κ1) is 12.0. The minimum absolute atomic E-state index is 0.966. The van der Waals surface area contributed by atoms with Gasteiger partial charge in [-0.1, -0.05) is 32.1 Å². The molecule has 0 saturated carbocycles. The van der Waals surface area contributed by atoms with Gasteiger partial charge in [-0.15, -0.1) is 0 Å². The molecule has 0 radical (unpaired) electrons. The number of allylic oxidation sites excluding steroid dienone is 3. The van der Waals surface area contributed by atoms with E-state index in [-0.39, 0.29) is 0 Å². The van der Waals surface area contributed by atoms with E-state index in [1.54, 1.807) is 0 Å². The molecule has 1 nitrogen and oxygen atoms in total. The zero-order valence-electron chi connectivity index (χ0n) is 9.33. The Hall–Kier alpha value is -0.980. The molecule has 0 bridgehead atoms. The van der Waals surface area contributed by atoms with Gasteiger partial charge in [0.05, 0.1) is 0 Å². The maximum atomic E-state index is 4.06. The first-order valence-corrected chi connectivity index (χ1v) is 4.77. The van der Waals surface area contributed by atoms with Gasteiger partial charge < -0.3 is 5.32 Å². The van der Waals surface area contributed by atoms with Gasteiger partial charge in [0.1, 0.15) is 0 Å². The molecule has 0 heterocycles. The molecular formula is C12H21N. The van der Waals surface area contributed by atoms with Crippen LogP contribution >= 0.6 is 0 Å². The Balaban J connectivity index is 4.54. The van der Waals surface area contributed by atoms with Crippen molar-refractivity contribution >= 4 is 0 Å². The second-order valence-corrected chi connectivity index (χ2v) is 3.63. The average molecular weight is 179 g/mol. The highest BCUT2D eigenvalue weighted by Crippen LogP contribution is 2.16. The van der Waals surface area contributed by atoms with Gasteiger partial charge in [-0.2, -0.15) is 0 Å². The molecular weight excluding hydrogens is 158 g/mol.